The number of benzene rings is 2. The number of amides is 1. The van der Waals surface area contributed by atoms with Gasteiger partial charge in [-0.25, -0.2) is 0 Å². The second-order valence-electron chi connectivity index (χ2n) is 6.59. The average Bonchev–Trinajstić information content (AvgIpc) is 3.26. The van der Waals surface area contributed by atoms with Crippen molar-refractivity contribution in [2.75, 3.05) is 31.3 Å². The fraction of sp³-hybridized carbons (Fsp3) is 0.318. The topological polar surface area (TPSA) is 48.0 Å². The van der Waals surface area contributed by atoms with E-state index in [-0.39, 0.29) is 12.0 Å². The van der Waals surface area contributed by atoms with Gasteiger partial charge in [0.1, 0.15) is 19.3 Å². The Morgan fingerprint density at radius 1 is 1.04 bits per heavy atom. The average molecular weight is 365 g/mol. The highest BCUT2D eigenvalue weighted by Gasteiger charge is 2.29. The molecule has 0 saturated carbocycles. The van der Waals surface area contributed by atoms with E-state index in [2.05, 4.69) is 0 Å². The fourth-order valence-corrected chi connectivity index (χ4v) is 3.33. The predicted molar refractivity (Wildman–Crippen MR) is 104 cm³/mol. The zero-order valence-electron chi connectivity index (χ0n) is 15.2. The van der Waals surface area contributed by atoms with Crippen molar-refractivity contribution in [3.05, 3.63) is 60.2 Å². The second-order valence-corrected chi connectivity index (χ2v) is 6.59. The summed E-state index contributed by atoms with van der Waals surface area (Å²) in [5.74, 6) is 1.38. The van der Waals surface area contributed by atoms with Crippen molar-refractivity contribution in [3.8, 4) is 11.5 Å². The van der Waals surface area contributed by atoms with Crippen molar-refractivity contribution < 1.29 is 19.0 Å². The van der Waals surface area contributed by atoms with Crippen molar-refractivity contribution in [2.45, 2.75) is 18.9 Å². The summed E-state index contributed by atoms with van der Waals surface area (Å²) in [5.41, 5.74) is 1.89. The third-order valence-corrected chi connectivity index (χ3v) is 4.71. The second kappa shape index (κ2) is 8.27. The molecule has 0 spiro atoms. The van der Waals surface area contributed by atoms with E-state index < -0.39 is 0 Å². The van der Waals surface area contributed by atoms with Gasteiger partial charge in [-0.1, -0.05) is 42.5 Å². The zero-order valence-corrected chi connectivity index (χ0v) is 15.2. The Hall–Kier alpha value is -2.79. The van der Waals surface area contributed by atoms with Gasteiger partial charge in [-0.15, -0.1) is 0 Å². The first-order valence-electron chi connectivity index (χ1n) is 9.35. The number of fused-ring (bicyclic) bond motifs is 1. The SMILES string of the molecule is O=C([C@H]1CCCO1)N(C/C=C/c1ccccc1)c1ccc2c(c1)OCCO2. The normalized spacial score (nSPS) is 18.6. The molecule has 2 aromatic rings. The van der Waals surface area contributed by atoms with Gasteiger partial charge in [0, 0.05) is 24.9 Å². The molecule has 1 atom stereocenters. The van der Waals surface area contributed by atoms with Crippen molar-refractivity contribution in [2.24, 2.45) is 0 Å². The van der Waals surface area contributed by atoms with Gasteiger partial charge in [-0.2, -0.15) is 0 Å². The van der Waals surface area contributed by atoms with Gasteiger partial charge in [0.25, 0.3) is 5.91 Å². The van der Waals surface area contributed by atoms with Gasteiger partial charge >= 0.3 is 0 Å². The largest absolute Gasteiger partial charge is 0.486 e. The summed E-state index contributed by atoms with van der Waals surface area (Å²) in [6, 6.07) is 15.7. The van der Waals surface area contributed by atoms with Crippen molar-refractivity contribution in [1.82, 2.24) is 0 Å². The number of carbonyl (C=O) groups is 1. The number of carbonyl (C=O) groups excluding carboxylic acids is 1. The molecule has 2 aliphatic rings. The summed E-state index contributed by atoms with van der Waals surface area (Å²) in [7, 11) is 0. The highest BCUT2D eigenvalue weighted by molar-refractivity contribution is 5.97. The van der Waals surface area contributed by atoms with Crippen LogP contribution in [-0.2, 0) is 9.53 Å². The van der Waals surface area contributed by atoms with E-state index in [0.717, 1.165) is 24.1 Å². The van der Waals surface area contributed by atoms with Gasteiger partial charge in [-0.3, -0.25) is 4.79 Å². The Morgan fingerprint density at radius 3 is 2.63 bits per heavy atom. The molecule has 0 unspecified atom stereocenters. The van der Waals surface area contributed by atoms with Gasteiger partial charge in [0.2, 0.25) is 0 Å². The molecule has 1 saturated heterocycles. The lowest BCUT2D eigenvalue weighted by atomic mass is 10.1. The molecule has 0 radical (unpaired) electrons. The van der Waals surface area contributed by atoms with E-state index in [1.165, 1.54) is 0 Å². The Bertz CT molecular complexity index is 812. The van der Waals surface area contributed by atoms with Gasteiger partial charge < -0.3 is 19.1 Å². The molecule has 2 aliphatic heterocycles. The summed E-state index contributed by atoms with van der Waals surface area (Å²) in [6.45, 7) is 2.17. The number of ether oxygens (including phenoxy) is 3. The monoisotopic (exact) mass is 365 g/mol. The summed E-state index contributed by atoms with van der Waals surface area (Å²) >= 11 is 0. The number of rotatable bonds is 5. The minimum absolute atomic E-state index is 0.0121. The number of nitrogens with zero attached hydrogens (tertiary/aromatic N) is 1. The van der Waals surface area contributed by atoms with Crippen LogP contribution < -0.4 is 14.4 Å². The Kier molecular flexibility index (Phi) is 5.39. The maximum absolute atomic E-state index is 13.1. The molecule has 1 amide bonds. The van der Waals surface area contributed by atoms with Gasteiger partial charge in [0.05, 0.1) is 0 Å². The van der Waals surface area contributed by atoms with Crippen molar-refractivity contribution in [3.63, 3.8) is 0 Å². The third kappa shape index (κ3) is 4.14. The van der Waals surface area contributed by atoms with Gasteiger partial charge in [0.15, 0.2) is 11.5 Å². The van der Waals surface area contributed by atoms with Crippen LogP contribution in [0.5, 0.6) is 11.5 Å². The van der Waals surface area contributed by atoms with Crippen LogP contribution in [0.1, 0.15) is 18.4 Å². The predicted octanol–water partition coefficient (Wildman–Crippen LogP) is 3.68. The lowest BCUT2D eigenvalue weighted by molar-refractivity contribution is -0.127. The van der Waals surface area contributed by atoms with Crippen LogP contribution >= 0.6 is 0 Å². The lowest BCUT2D eigenvalue weighted by Gasteiger charge is -2.26. The Balaban J connectivity index is 1.57. The molecule has 2 heterocycles. The van der Waals surface area contributed by atoms with E-state index >= 15 is 0 Å². The first-order chi connectivity index (χ1) is 13.3. The van der Waals surface area contributed by atoms with Gasteiger partial charge in [-0.05, 0) is 30.5 Å². The standard InChI is InChI=1S/C22H23NO4/c24-22(20-9-5-13-25-20)23(12-4-8-17-6-2-1-3-7-17)18-10-11-19-21(16-18)27-15-14-26-19/h1-4,6-8,10-11,16,20H,5,9,12-15H2/b8-4+/t20-/m1/s1. The molecule has 0 aliphatic carbocycles. The summed E-state index contributed by atoms with van der Waals surface area (Å²) in [4.78, 5) is 14.8. The van der Waals surface area contributed by atoms with E-state index in [0.29, 0.717) is 37.9 Å². The van der Waals surface area contributed by atoms with Crippen LogP contribution in [0.15, 0.2) is 54.6 Å². The maximum Gasteiger partial charge on any atom is 0.256 e. The molecule has 5 nitrogen and oxygen atoms in total. The number of hydrogen-bond acceptors (Lipinski definition) is 4. The minimum atomic E-state index is -0.372. The van der Waals surface area contributed by atoms with Crippen LogP contribution in [0.25, 0.3) is 6.08 Å². The van der Waals surface area contributed by atoms with Crippen molar-refractivity contribution >= 4 is 17.7 Å². The smallest absolute Gasteiger partial charge is 0.256 e. The van der Waals surface area contributed by atoms with E-state index in [4.69, 9.17) is 14.2 Å². The molecule has 2 aromatic carbocycles. The first-order valence-corrected chi connectivity index (χ1v) is 9.35. The Labute approximate surface area is 159 Å². The van der Waals surface area contributed by atoms with Crippen molar-refractivity contribution in [1.29, 1.82) is 0 Å². The highest BCUT2D eigenvalue weighted by atomic mass is 16.6. The molecular weight excluding hydrogens is 342 g/mol. The first kappa shape index (κ1) is 17.6. The van der Waals surface area contributed by atoms with E-state index in [9.17, 15) is 4.79 Å². The molecule has 5 heteroatoms. The van der Waals surface area contributed by atoms with Crippen LogP contribution in [0.3, 0.4) is 0 Å². The fourth-order valence-electron chi connectivity index (χ4n) is 3.33. The molecule has 0 aromatic heterocycles. The molecule has 0 bridgehead atoms. The maximum atomic E-state index is 13.1. The van der Waals surface area contributed by atoms with Crippen LogP contribution in [0.4, 0.5) is 5.69 Å². The minimum Gasteiger partial charge on any atom is -0.486 e. The molecule has 4 rings (SSSR count). The van der Waals surface area contributed by atoms with Crippen LogP contribution in [0, 0.1) is 0 Å². The summed E-state index contributed by atoms with van der Waals surface area (Å²) in [6.07, 6.45) is 5.34. The summed E-state index contributed by atoms with van der Waals surface area (Å²) < 4.78 is 16.9. The number of hydrogen-bond donors (Lipinski definition) is 0. The van der Waals surface area contributed by atoms with Crippen LogP contribution in [-0.4, -0.2) is 38.4 Å². The van der Waals surface area contributed by atoms with E-state index in [1.807, 2.05) is 60.7 Å². The quantitative estimate of drug-likeness (QED) is 0.811. The highest BCUT2D eigenvalue weighted by Crippen LogP contribution is 2.34. The molecule has 27 heavy (non-hydrogen) atoms. The number of anilines is 1. The molecular formula is C22H23NO4. The van der Waals surface area contributed by atoms with E-state index in [1.54, 1.807) is 4.90 Å². The third-order valence-electron chi connectivity index (χ3n) is 4.71. The molecule has 0 N–H and O–H groups in total. The zero-order chi connectivity index (χ0) is 18.5. The lowest BCUT2D eigenvalue weighted by Crippen LogP contribution is -2.39. The Morgan fingerprint density at radius 2 is 1.85 bits per heavy atom. The van der Waals surface area contributed by atoms with Crippen LogP contribution in [0.2, 0.25) is 0 Å². The molecule has 1 fully saturated rings. The summed E-state index contributed by atoms with van der Waals surface area (Å²) in [5, 5.41) is 0. The molecule has 140 valence electrons.